The maximum absolute atomic E-state index is 12.8. The van der Waals surface area contributed by atoms with Gasteiger partial charge < -0.3 is 10.1 Å². The highest BCUT2D eigenvalue weighted by Crippen LogP contribution is 2.21. The molecule has 4 aromatic rings. The third-order valence-corrected chi connectivity index (χ3v) is 5.14. The third-order valence-electron chi connectivity index (χ3n) is 5.14. The number of hydrogen-bond donors (Lipinski definition) is 1. The van der Waals surface area contributed by atoms with Crippen molar-refractivity contribution in [1.82, 2.24) is 24.7 Å². The number of nitrogens with one attached hydrogen (secondary N) is 1. The summed E-state index contributed by atoms with van der Waals surface area (Å²) in [6, 6.07) is 19.0. The number of hydrogen-bond acceptors (Lipinski definition) is 5. The fraction of sp³-hybridized carbons (Fsp3) is 0.217. The Bertz CT molecular complexity index is 1250. The van der Waals surface area contributed by atoms with E-state index in [4.69, 9.17) is 4.74 Å². The maximum atomic E-state index is 12.8. The van der Waals surface area contributed by atoms with Gasteiger partial charge in [0.15, 0.2) is 0 Å². The summed E-state index contributed by atoms with van der Waals surface area (Å²) >= 11 is 0. The Hall–Kier alpha value is -3.94. The first kappa shape index (κ1) is 20.3. The Morgan fingerprint density at radius 1 is 1.13 bits per heavy atom. The first-order valence-electron chi connectivity index (χ1n) is 9.96. The molecule has 0 spiro atoms. The van der Waals surface area contributed by atoms with Crippen LogP contribution >= 0.6 is 0 Å². The molecule has 158 valence electrons. The second-order valence-corrected chi connectivity index (χ2v) is 7.30. The average molecular weight is 417 g/mol. The first-order chi connectivity index (χ1) is 15.0. The molecule has 0 aliphatic heterocycles. The SMILES string of the molecule is COc1ccc(-c2cc3c(=O)n(CC(=O)NCC(C)c4ccccc4)ncn3n2)cc1. The first-order valence-corrected chi connectivity index (χ1v) is 9.96. The van der Waals surface area contributed by atoms with Crippen LogP contribution in [0.25, 0.3) is 16.8 Å². The van der Waals surface area contributed by atoms with Crippen LogP contribution in [0.4, 0.5) is 0 Å². The van der Waals surface area contributed by atoms with Gasteiger partial charge in [0.25, 0.3) is 5.56 Å². The monoisotopic (exact) mass is 417 g/mol. The predicted molar refractivity (Wildman–Crippen MR) is 117 cm³/mol. The normalized spacial score (nSPS) is 11.9. The molecule has 1 amide bonds. The van der Waals surface area contributed by atoms with Crippen molar-refractivity contribution < 1.29 is 9.53 Å². The number of ether oxygens (including phenoxy) is 1. The molecule has 0 fully saturated rings. The summed E-state index contributed by atoms with van der Waals surface area (Å²) in [6.45, 7) is 2.37. The molecule has 0 radical (unpaired) electrons. The maximum Gasteiger partial charge on any atom is 0.293 e. The van der Waals surface area contributed by atoms with Gasteiger partial charge in [0.2, 0.25) is 5.91 Å². The van der Waals surface area contributed by atoms with Gasteiger partial charge in [0, 0.05) is 12.1 Å². The fourth-order valence-corrected chi connectivity index (χ4v) is 3.31. The number of carbonyl (C=O) groups is 1. The molecule has 8 nitrogen and oxygen atoms in total. The molecule has 1 unspecified atom stereocenters. The molecule has 2 aromatic carbocycles. The van der Waals surface area contributed by atoms with E-state index in [1.165, 1.54) is 10.8 Å². The molecular formula is C23H23N5O3. The Morgan fingerprint density at radius 3 is 2.58 bits per heavy atom. The summed E-state index contributed by atoms with van der Waals surface area (Å²) in [7, 11) is 1.60. The van der Waals surface area contributed by atoms with Crippen molar-refractivity contribution in [2.24, 2.45) is 0 Å². The lowest BCUT2D eigenvalue weighted by molar-refractivity contribution is -0.121. The van der Waals surface area contributed by atoms with Crippen molar-refractivity contribution in [2.75, 3.05) is 13.7 Å². The van der Waals surface area contributed by atoms with Gasteiger partial charge in [-0.25, -0.2) is 9.20 Å². The van der Waals surface area contributed by atoms with Crippen LogP contribution < -0.4 is 15.6 Å². The minimum absolute atomic E-state index is 0.153. The van der Waals surface area contributed by atoms with Gasteiger partial charge in [-0.2, -0.15) is 10.2 Å². The molecule has 1 atom stereocenters. The highest BCUT2D eigenvalue weighted by atomic mass is 16.5. The predicted octanol–water partition coefficient (Wildman–Crippen LogP) is 2.49. The lowest BCUT2D eigenvalue weighted by Crippen LogP contribution is -2.35. The molecule has 0 bridgehead atoms. The van der Waals surface area contributed by atoms with E-state index in [9.17, 15) is 9.59 Å². The summed E-state index contributed by atoms with van der Waals surface area (Å²) < 4.78 is 7.74. The second-order valence-electron chi connectivity index (χ2n) is 7.30. The second kappa shape index (κ2) is 8.83. The number of aromatic nitrogens is 4. The van der Waals surface area contributed by atoms with E-state index in [0.717, 1.165) is 21.6 Å². The lowest BCUT2D eigenvalue weighted by atomic mass is 10.0. The minimum Gasteiger partial charge on any atom is -0.497 e. The molecule has 4 rings (SSSR count). The van der Waals surface area contributed by atoms with Crippen LogP contribution in [0.2, 0.25) is 0 Å². The van der Waals surface area contributed by atoms with Gasteiger partial charge >= 0.3 is 0 Å². The van der Waals surface area contributed by atoms with E-state index in [0.29, 0.717) is 17.8 Å². The van der Waals surface area contributed by atoms with Gasteiger partial charge in [-0.3, -0.25) is 9.59 Å². The number of rotatable bonds is 7. The lowest BCUT2D eigenvalue weighted by Gasteiger charge is -2.13. The zero-order chi connectivity index (χ0) is 21.8. The number of fused-ring (bicyclic) bond motifs is 1. The zero-order valence-electron chi connectivity index (χ0n) is 17.4. The molecule has 8 heteroatoms. The van der Waals surface area contributed by atoms with Crippen molar-refractivity contribution in [2.45, 2.75) is 19.4 Å². The Kier molecular flexibility index (Phi) is 5.79. The molecule has 2 aromatic heterocycles. The van der Waals surface area contributed by atoms with Crippen LogP contribution in [0.5, 0.6) is 5.75 Å². The van der Waals surface area contributed by atoms with Gasteiger partial charge in [-0.1, -0.05) is 37.3 Å². The van der Waals surface area contributed by atoms with E-state index in [2.05, 4.69) is 15.5 Å². The minimum atomic E-state index is -0.374. The molecule has 2 heterocycles. The molecule has 31 heavy (non-hydrogen) atoms. The number of carbonyl (C=O) groups excluding carboxylic acids is 1. The van der Waals surface area contributed by atoms with Crippen molar-refractivity contribution >= 4 is 11.4 Å². The van der Waals surface area contributed by atoms with Crippen molar-refractivity contribution in [1.29, 1.82) is 0 Å². The van der Waals surface area contributed by atoms with Gasteiger partial charge in [-0.05, 0) is 41.8 Å². The van der Waals surface area contributed by atoms with Crippen molar-refractivity contribution in [3.63, 3.8) is 0 Å². The Balaban J connectivity index is 1.47. The summed E-state index contributed by atoms with van der Waals surface area (Å²) in [5.74, 6) is 0.639. The van der Waals surface area contributed by atoms with E-state index < -0.39 is 0 Å². The standard InChI is InChI=1S/C23H23N5O3/c1-16(17-6-4-3-5-7-17)13-24-22(29)14-27-23(30)21-12-20(26-28(21)15-25-27)18-8-10-19(31-2)11-9-18/h3-12,15-16H,13-14H2,1-2H3,(H,24,29). The quantitative estimate of drug-likeness (QED) is 0.499. The van der Waals surface area contributed by atoms with E-state index in [1.807, 2.05) is 61.5 Å². The smallest absolute Gasteiger partial charge is 0.293 e. The molecule has 0 saturated heterocycles. The summed E-state index contributed by atoms with van der Waals surface area (Å²) in [4.78, 5) is 25.2. The Morgan fingerprint density at radius 2 is 1.87 bits per heavy atom. The van der Waals surface area contributed by atoms with Crippen molar-refractivity contribution in [3.05, 3.63) is 82.9 Å². The Labute approximate surface area is 179 Å². The number of methoxy groups -OCH3 is 1. The van der Waals surface area contributed by atoms with Crippen LogP contribution in [0.1, 0.15) is 18.4 Å². The third kappa shape index (κ3) is 4.48. The highest BCUT2D eigenvalue weighted by molar-refractivity contribution is 5.75. The van der Waals surface area contributed by atoms with Crippen LogP contribution in [0.15, 0.2) is 71.8 Å². The zero-order valence-corrected chi connectivity index (χ0v) is 17.4. The van der Waals surface area contributed by atoms with Crippen LogP contribution in [0.3, 0.4) is 0 Å². The highest BCUT2D eigenvalue weighted by Gasteiger charge is 2.13. The van der Waals surface area contributed by atoms with E-state index in [1.54, 1.807) is 13.2 Å². The summed E-state index contributed by atoms with van der Waals surface area (Å²) in [5, 5.41) is 11.4. The van der Waals surface area contributed by atoms with E-state index >= 15 is 0 Å². The number of amides is 1. The average Bonchev–Trinajstić information content (AvgIpc) is 3.25. The van der Waals surface area contributed by atoms with E-state index in [-0.39, 0.29) is 23.9 Å². The van der Waals surface area contributed by atoms with Crippen molar-refractivity contribution in [3.8, 4) is 17.0 Å². The summed E-state index contributed by atoms with van der Waals surface area (Å²) in [5.41, 5.74) is 2.61. The molecule has 0 saturated carbocycles. The topological polar surface area (TPSA) is 90.5 Å². The molecule has 1 N–H and O–H groups in total. The van der Waals surface area contributed by atoms with Crippen LogP contribution in [-0.4, -0.2) is 39.0 Å². The fourth-order valence-electron chi connectivity index (χ4n) is 3.31. The number of nitrogens with zero attached hydrogens (tertiary/aromatic N) is 4. The van der Waals surface area contributed by atoms with Crippen LogP contribution in [-0.2, 0) is 11.3 Å². The molecule has 0 aliphatic carbocycles. The molecule has 0 aliphatic rings. The number of benzene rings is 2. The van der Waals surface area contributed by atoms with Crippen LogP contribution in [0, 0.1) is 0 Å². The van der Waals surface area contributed by atoms with Gasteiger partial charge in [0.05, 0.1) is 12.8 Å². The molecular weight excluding hydrogens is 394 g/mol. The largest absolute Gasteiger partial charge is 0.497 e. The summed E-state index contributed by atoms with van der Waals surface area (Å²) in [6.07, 6.45) is 1.43. The van der Waals surface area contributed by atoms with Gasteiger partial charge in [0.1, 0.15) is 24.1 Å². The van der Waals surface area contributed by atoms with Gasteiger partial charge in [-0.15, -0.1) is 0 Å².